The van der Waals surface area contributed by atoms with Gasteiger partial charge in [0.2, 0.25) is 0 Å². The maximum atomic E-state index is 12.5. The van der Waals surface area contributed by atoms with Crippen LogP contribution in [0.4, 0.5) is 5.82 Å². The first-order valence-electron chi connectivity index (χ1n) is 7.48. The van der Waals surface area contributed by atoms with Crippen LogP contribution in [-0.4, -0.2) is 29.9 Å². The van der Waals surface area contributed by atoms with Crippen LogP contribution in [0.1, 0.15) is 30.9 Å². The molecule has 120 valence electrons. The molecule has 1 aliphatic heterocycles. The molecule has 0 radical (unpaired) electrons. The second-order valence-electron chi connectivity index (χ2n) is 5.25. The fourth-order valence-electron chi connectivity index (χ4n) is 2.94. The first kappa shape index (κ1) is 15.1. The number of allylic oxidation sites excluding steroid dienone is 1. The van der Waals surface area contributed by atoms with Gasteiger partial charge in [0, 0.05) is 23.0 Å². The summed E-state index contributed by atoms with van der Waals surface area (Å²) < 4.78 is 10.7. The molecule has 0 spiro atoms. The number of fused-ring (bicyclic) bond motifs is 1. The van der Waals surface area contributed by atoms with Gasteiger partial charge in [-0.25, -0.2) is 4.79 Å². The van der Waals surface area contributed by atoms with Crippen molar-refractivity contribution in [3.63, 3.8) is 0 Å². The van der Waals surface area contributed by atoms with Crippen molar-refractivity contribution >= 4 is 11.8 Å². The highest BCUT2D eigenvalue weighted by Crippen LogP contribution is 2.44. The normalized spacial score (nSPS) is 16.6. The standard InChI is InChI=1S/C17H19N3O3/c1-4-23-17(21)14-10(2)19-16-12(9-18-20-16)15(14)11-7-5-6-8-13(11)22-3/h5-9,15H,4H2,1-3H3,(H2,18,19,20). The van der Waals surface area contributed by atoms with Crippen LogP contribution in [0.3, 0.4) is 0 Å². The number of H-pyrrole nitrogens is 1. The number of carbonyl (C=O) groups excluding carboxylic acids is 1. The Bertz CT molecular complexity index is 764. The minimum absolute atomic E-state index is 0.291. The molecular formula is C17H19N3O3. The molecule has 0 bridgehead atoms. The number of anilines is 1. The lowest BCUT2D eigenvalue weighted by Crippen LogP contribution is -2.24. The average molecular weight is 313 g/mol. The van der Waals surface area contributed by atoms with Crippen molar-refractivity contribution in [2.45, 2.75) is 19.8 Å². The molecule has 0 saturated carbocycles. The van der Waals surface area contributed by atoms with Crippen LogP contribution in [0.25, 0.3) is 0 Å². The van der Waals surface area contributed by atoms with Crippen LogP contribution in [0.2, 0.25) is 0 Å². The van der Waals surface area contributed by atoms with E-state index >= 15 is 0 Å². The first-order chi connectivity index (χ1) is 11.2. The van der Waals surface area contributed by atoms with Crippen molar-refractivity contribution in [2.75, 3.05) is 19.0 Å². The largest absolute Gasteiger partial charge is 0.496 e. The first-order valence-corrected chi connectivity index (χ1v) is 7.48. The third kappa shape index (κ3) is 2.56. The van der Waals surface area contributed by atoms with Gasteiger partial charge in [0.15, 0.2) is 5.82 Å². The van der Waals surface area contributed by atoms with Gasteiger partial charge in [0.1, 0.15) is 5.75 Å². The van der Waals surface area contributed by atoms with Gasteiger partial charge in [-0.3, -0.25) is 5.10 Å². The van der Waals surface area contributed by atoms with Gasteiger partial charge >= 0.3 is 5.97 Å². The topological polar surface area (TPSA) is 76.2 Å². The molecule has 2 N–H and O–H groups in total. The Labute approximate surface area is 134 Å². The lowest BCUT2D eigenvalue weighted by atomic mass is 9.82. The van der Waals surface area contributed by atoms with E-state index in [0.717, 1.165) is 22.6 Å². The number of ether oxygens (including phenoxy) is 2. The summed E-state index contributed by atoms with van der Waals surface area (Å²) in [5.74, 6) is 0.813. The quantitative estimate of drug-likeness (QED) is 0.849. The molecule has 2 heterocycles. The Morgan fingerprint density at radius 3 is 2.83 bits per heavy atom. The smallest absolute Gasteiger partial charge is 0.336 e. The lowest BCUT2D eigenvalue weighted by molar-refractivity contribution is -0.138. The van der Waals surface area contributed by atoms with Crippen LogP contribution in [0, 0.1) is 0 Å². The van der Waals surface area contributed by atoms with Crippen molar-refractivity contribution < 1.29 is 14.3 Å². The van der Waals surface area contributed by atoms with Crippen molar-refractivity contribution in [1.29, 1.82) is 0 Å². The summed E-state index contributed by atoms with van der Waals surface area (Å²) in [6.07, 6.45) is 1.80. The molecule has 1 aromatic heterocycles. The molecule has 1 atom stereocenters. The van der Waals surface area contributed by atoms with E-state index in [1.165, 1.54) is 0 Å². The molecule has 23 heavy (non-hydrogen) atoms. The number of nitrogens with one attached hydrogen (secondary N) is 2. The van der Waals surface area contributed by atoms with E-state index in [1.807, 2.05) is 31.2 Å². The van der Waals surface area contributed by atoms with Crippen molar-refractivity contribution in [1.82, 2.24) is 10.2 Å². The molecule has 6 nitrogen and oxygen atoms in total. The monoisotopic (exact) mass is 313 g/mol. The van der Waals surface area contributed by atoms with Crippen LogP contribution in [-0.2, 0) is 9.53 Å². The second kappa shape index (κ2) is 6.16. The van der Waals surface area contributed by atoms with Crippen molar-refractivity contribution in [3.05, 3.63) is 52.9 Å². The van der Waals surface area contributed by atoms with E-state index in [-0.39, 0.29) is 11.9 Å². The minimum Gasteiger partial charge on any atom is -0.496 e. The number of carbonyl (C=O) groups is 1. The molecule has 1 aliphatic rings. The van der Waals surface area contributed by atoms with Gasteiger partial charge in [0.05, 0.1) is 25.2 Å². The molecule has 1 unspecified atom stereocenters. The third-order valence-electron chi connectivity index (χ3n) is 3.92. The fourth-order valence-corrected chi connectivity index (χ4v) is 2.94. The number of rotatable bonds is 4. The zero-order chi connectivity index (χ0) is 16.4. The minimum atomic E-state index is -0.333. The molecule has 3 rings (SSSR count). The average Bonchev–Trinajstić information content (AvgIpc) is 3.01. The second-order valence-corrected chi connectivity index (χ2v) is 5.25. The molecular weight excluding hydrogens is 294 g/mol. The van der Waals surface area contributed by atoms with Gasteiger partial charge in [-0.2, -0.15) is 5.10 Å². The van der Waals surface area contributed by atoms with E-state index in [2.05, 4.69) is 15.5 Å². The van der Waals surface area contributed by atoms with E-state index < -0.39 is 0 Å². The van der Waals surface area contributed by atoms with E-state index in [0.29, 0.717) is 18.0 Å². The summed E-state index contributed by atoms with van der Waals surface area (Å²) in [5.41, 5.74) is 3.11. The number of esters is 1. The number of hydrogen-bond donors (Lipinski definition) is 2. The molecule has 0 fully saturated rings. The Hall–Kier alpha value is -2.76. The Kier molecular flexibility index (Phi) is 4.06. The third-order valence-corrected chi connectivity index (χ3v) is 3.92. The lowest BCUT2D eigenvalue weighted by Gasteiger charge is -2.27. The zero-order valence-corrected chi connectivity index (χ0v) is 13.3. The maximum absolute atomic E-state index is 12.5. The van der Waals surface area contributed by atoms with Crippen molar-refractivity contribution in [3.8, 4) is 5.75 Å². The molecule has 6 heteroatoms. The van der Waals surface area contributed by atoms with Crippen LogP contribution >= 0.6 is 0 Å². The summed E-state index contributed by atoms with van der Waals surface area (Å²) >= 11 is 0. The number of nitrogens with zero attached hydrogens (tertiary/aromatic N) is 1. The highest BCUT2D eigenvalue weighted by molar-refractivity contribution is 5.94. The highest BCUT2D eigenvalue weighted by Gasteiger charge is 2.35. The molecule has 1 aromatic carbocycles. The van der Waals surface area contributed by atoms with E-state index in [4.69, 9.17) is 9.47 Å². The number of aromatic nitrogens is 2. The van der Waals surface area contributed by atoms with Crippen molar-refractivity contribution in [2.24, 2.45) is 0 Å². The molecule has 0 saturated heterocycles. The number of benzene rings is 1. The van der Waals surface area contributed by atoms with Crippen LogP contribution in [0.15, 0.2) is 41.7 Å². The van der Waals surface area contributed by atoms with E-state index in [9.17, 15) is 4.79 Å². The molecule has 0 aliphatic carbocycles. The Balaban J connectivity index is 2.19. The highest BCUT2D eigenvalue weighted by atomic mass is 16.5. The maximum Gasteiger partial charge on any atom is 0.336 e. The number of para-hydroxylation sites is 1. The predicted molar refractivity (Wildman–Crippen MR) is 86.4 cm³/mol. The zero-order valence-electron chi connectivity index (χ0n) is 13.3. The van der Waals surface area contributed by atoms with Crippen LogP contribution < -0.4 is 10.1 Å². The number of hydrogen-bond acceptors (Lipinski definition) is 5. The van der Waals surface area contributed by atoms with Gasteiger partial charge in [0.25, 0.3) is 0 Å². The summed E-state index contributed by atoms with van der Waals surface area (Å²) in [4.78, 5) is 12.5. The number of methoxy groups -OCH3 is 1. The fraction of sp³-hybridized carbons (Fsp3) is 0.294. The predicted octanol–water partition coefficient (Wildman–Crippen LogP) is 2.81. The summed E-state index contributed by atoms with van der Waals surface area (Å²) in [6.45, 7) is 3.98. The van der Waals surface area contributed by atoms with E-state index in [1.54, 1.807) is 20.2 Å². The van der Waals surface area contributed by atoms with Gasteiger partial charge in [-0.15, -0.1) is 0 Å². The molecule has 0 amide bonds. The van der Waals surface area contributed by atoms with Crippen LogP contribution in [0.5, 0.6) is 5.75 Å². The Morgan fingerprint density at radius 1 is 1.30 bits per heavy atom. The Morgan fingerprint density at radius 2 is 2.09 bits per heavy atom. The SMILES string of the molecule is CCOC(=O)C1=C(C)Nc2n[nH]cc2C1c1ccccc1OC. The summed E-state index contributed by atoms with van der Waals surface area (Å²) in [6, 6.07) is 7.67. The summed E-state index contributed by atoms with van der Waals surface area (Å²) in [7, 11) is 1.62. The van der Waals surface area contributed by atoms with Gasteiger partial charge in [-0.1, -0.05) is 18.2 Å². The van der Waals surface area contributed by atoms with Gasteiger partial charge < -0.3 is 14.8 Å². The van der Waals surface area contributed by atoms with Gasteiger partial charge in [-0.05, 0) is 19.9 Å². The summed E-state index contributed by atoms with van der Waals surface area (Å²) in [5, 5.41) is 10.2. The molecule has 2 aromatic rings. The number of aromatic amines is 1.